The Hall–Kier alpha value is -0.980. The summed E-state index contributed by atoms with van der Waals surface area (Å²) >= 11 is 0. The zero-order valence-corrected chi connectivity index (χ0v) is 13.4. The second-order valence-corrected chi connectivity index (χ2v) is 7.56. The monoisotopic (exact) mass is 314 g/mol. The largest absolute Gasteiger partial charge is 0.313 e. The Kier molecular flexibility index (Phi) is 5.01. The number of rotatable bonds is 6. The summed E-state index contributed by atoms with van der Waals surface area (Å²) in [5.74, 6) is -0.535. The zero-order chi connectivity index (χ0) is 15.5. The molecule has 118 valence electrons. The van der Waals surface area contributed by atoms with Gasteiger partial charge in [-0.25, -0.2) is 17.5 Å². The number of hydrogen-bond donors (Lipinski definition) is 2. The first kappa shape index (κ1) is 16.4. The maximum absolute atomic E-state index is 13.5. The van der Waals surface area contributed by atoms with E-state index in [1.165, 1.54) is 12.1 Å². The van der Waals surface area contributed by atoms with Gasteiger partial charge in [-0.3, -0.25) is 0 Å². The molecule has 0 aromatic heterocycles. The van der Waals surface area contributed by atoms with E-state index in [-0.39, 0.29) is 4.90 Å². The van der Waals surface area contributed by atoms with Gasteiger partial charge >= 0.3 is 0 Å². The molecule has 2 N–H and O–H groups in total. The number of halogens is 1. The zero-order valence-electron chi connectivity index (χ0n) is 12.6. The molecule has 0 radical (unpaired) electrons. The molecule has 0 spiro atoms. The molecule has 0 amide bonds. The molecular formula is C15H23FN2O2S. The number of nitrogens with one attached hydrogen (secondary N) is 2. The molecule has 0 bridgehead atoms. The van der Waals surface area contributed by atoms with Crippen molar-refractivity contribution >= 4 is 10.0 Å². The molecule has 0 saturated heterocycles. The highest BCUT2D eigenvalue weighted by molar-refractivity contribution is 7.89. The van der Waals surface area contributed by atoms with Crippen LogP contribution in [0.15, 0.2) is 23.1 Å². The summed E-state index contributed by atoms with van der Waals surface area (Å²) in [6.45, 7) is 4.99. The van der Waals surface area contributed by atoms with E-state index in [9.17, 15) is 12.8 Å². The van der Waals surface area contributed by atoms with Gasteiger partial charge in [0, 0.05) is 12.1 Å². The van der Waals surface area contributed by atoms with Crippen LogP contribution < -0.4 is 10.0 Å². The molecule has 1 aliphatic carbocycles. The number of benzene rings is 1. The minimum absolute atomic E-state index is 0.0385. The first-order valence-electron chi connectivity index (χ1n) is 7.39. The van der Waals surface area contributed by atoms with Gasteiger partial charge in [0.1, 0.15) is 5.82 Å². The van der Waals surface area contributed by atoms with Gasteiger partial charge in [-0.1, -0.05) is 25.8 Å². The van der Waals surface area contributed by atoms with Gasteiger partial charge in [-0.15, -0.1) is 0 Å². The van der Waals surface area contributed by atoms with Gasteiger partial charge < -0.3 is 5.32 Å². The van der Waals surface area contributed by atoms with Crippen LogP contribution in [0.1, 0.15) is 45.1 Å². The topological polar surface area (TPSA) is 58.2 Å². The number of hydrogen-bond acceptors (Lipinski definition) is 3. The van der Waals surface area contributed by atoms with Gasteiger partial charge in [0.2, 0.25) is 10.0 Å². The first-order chi connectivity index (χ1) is 9.86. The minimum Gasteiger partial charge on any atom is -0.313 e. The van der Waals surface area contributed by atoms with Gasteiger partial charge in [0.05, 0.1) is 4.90 Å². The molecule has 0 heterocycles. The Morgan fingerprint density at radius 2 is 1.95 bits per heavy atom. The van der Waals surface area contributed by atoms with Crippen molar-refractivity contribution in [2.45, 2.75) is 56.5 Å². The summed E-state index contributed by atoms with van der Waals surface area (Å²) in [7, 11) is -3.72. The van der Waals surface area contributed by atoms with Crippen LogP contribution in [-0.4, -0.2) is 20.5 Å². The van der Waals surface area contributed by atoms with Crippen LogP contribution in [0.25, 0.3) is 0 Å². The lowest BCUT2D eigenvalue weighted by Gasteiger charge is -2.25. The molecule has 21 heavy (non-hydrogen) atoms. The first-order valence-corrected chi connectivity index (χ1v) is 8.88. The summed E-state index contributed by atoms with van der Waals surface area (Å²) in [4.78, 5) is 0.0385. The molecule has 0 atom stereocenters. The third-order valence-electron chi connectivity index (χ3n) is 3.97. The second-order valence-electron chi connectivity index (χ2n) is 5.91. The van der Waals surface area contributed by atoms with E-state index in [1.807, 2.05) is 13.8 Å². The van der Waals surface area contributed by atoms with E-state index in [0.717, 1.165) is 38.3 Å². The summed E-state index contributed by atoms with van der Waals surface area (Å²) < 4.78 is 41.5. The van der Waals surface area contributed by atoms with Crippen LogP contribution >= 0.6 is 0 Å². The molecule has 1 aliphatic rings. The lowest BCUT2D eigenvalue weighted by atomic mass is 10.0. The smallest absolute Gasteiger partial charge is 0.241 e. The molecule has 6 heteroatoms. The fraction of sp³-hybridized carbons (Fsp3) is 0.600. The Morgan fingerprint density at radius 3 is 2.57 bits per heavy atom. The standard InChI is InChI=1S/C15H23FN2O2S/c1-3-17-11-12-6-7-13(16)10-14(12)21(19,20)18-15(2)8-4-5-9-15/h6-7,10,17-18H,3-5,8-9,11H2,1-2H3. The molecule has 2 rings (SSSR count). The highest BCUT2D eigenvalue weighted by atomic mass is 32.2. The molecule has 1 saturated carbocycles. The van der Waals surface area contributed by atoms with E-state index in [1.54, 1.807) is 0 Å². The van der Waals surface area contributed by atoms with Crippen LogP contribution in [0.4, 0.5) is 4.39 Å². The van der Waals surface area contributed by atoms with Crippen LogP contribution in [0.2, 0.25) is 0 Å². The van der Waals surface area contributed by atoms with Crippen molar-refractivity contribution in [2.24, 2.45) is 0 Å². The van der Waals surface area contributed by atoms with E-state index in [4.69, 9.17) is 0 Å². The Morgan fingerprint density at radius 1 is 1.29 bits per heavy atom. The van der Waals surface area contributed by atoms with Crippen molar-refractivity contribution in [3.05, 3.63) is 29.6 Å². The van der Waals surface area contributed by atoms with E-state index < -0.39 is 21.4 Å². The lowest BCUT2D eigenvalue weighted by molar-refractivity contribution is 0.427. The predicted octanol–water partition coefficient (Wildman–Crippen LogP) is 2.55. The highest BCUT2D eigenvalue weighted by Crippen LogP contribution is 2.31. The fourth-order valence-corrected chi connectivity index (χ4v) is 4.54. The Bertz CT molecular complexity index is 596. The average molecular weight is 314 g/mol. The molecule has 4 nitrogen and oxygen atoms in total. The van der Waals surface area contributed by atoms with Crippen molar-refractivity contribution in [2.75, 3.05) is 6.54 Å². The van der Waals surface area contributed by atoms with Crippen molar-refractivity contribution in [1.82, 2.24) is 10.0 Å². The quantitative estimate of drug-likeness (QED) is 0.848. The van der Waals surface area contributed by atoms with Crippen molar-refractivity contribution in [1.29, 1.82) is 0 Å². The molecule has 1 aromatic carbocycles. The van der Waals surface area contributed by atoms with Crippen LogP contribution in [0, 0.1) is 5.82 Å². The van der Waals surface area contributed by atoms with Crippen LogP contribution in [0.5, 0.6) is 0 Å². The average Bonchev–Trinajstić information content (AvgIpc) is 2.82. The van der Waals surface area contributed by atoms with Crippen molar-refractivity contribution in [3.63, 3.8) is 0 Å². The SMILES string of the molecule is CCNCc1ccc(F)cc1S(=O)(=O)NC1(C)CCCC1. The third-order valence-corrected chi connectivity index (χ3v) is 5.69. The fourth-order valence-electron chi connectivity index (χ4n) is 2.82. The summed E-state index contributed by atoms with van der Waals surface area (Å²) in [5.41, 5.74) is 0.174. The predicted molar refractivity (Wildman–Crippen MR) is 81.0 cm³/mol. The van der Waals surface area contributed by atoms with E-state index in [0.29, 0.717) is 12.1 Å². The Balaban J connectivity index is 2.31. The number of sulfonamides is 1. The van der Waals surface area contributed by atoms with Gasteiger partial charge in [-0.2, -0.15) is 0 Å². The maximum atomic E-state index is 13.5. The highest BCUT2D eigenvalue weighted by Gasteiger charge is 2.34. The van der Waals surface area contributed by atoms with Crippen LogP contribution in [0.3, 0.4) is 0 Å². The second kappa shape index (κ2) is 6.42. The summed E-state index contributed by atoms with van der Waals surface area (Å²) in [6, 6.07) is 3.93. The van der Waals surface area contributed by atoms with Gasteiger partial charge in [-0.05, 0) is 44.0 Å². The van der Waals surface area contributed by atoms with E-state index >= 15 is 0 Å². The van der Waals surface area contributed by atoms with Crippen molar-refractivity contribution in [3.8, 4) is 0 Å². The third kappa shape index (κ3) is 4.02. The Labute approximate surface area is 126 Å². The van der Waals surface area contributed by atoms with Crippen molar-refractivity contribution < 1.29 is 12.8 Å². The van der Waals surface area contributed by atoms with E-state index in [2.05, 4.69) is 10.0 Å². The van der Waals surface area contributed by atoms with Crippen LogP contribution in [-0.2, 0) is 16.6 Å². The molecule has 1 fully saturated rings. The van der Waals surface area contributed by atoms with Gasteiger partial charge in [0.15, 0.2) is 0 Å². The lowest BCUT2D eigenvalue weighted by Crippen LogP contribution is -2.43. The summed E-state index contributed by atoms with van der Waals surface area (Å²) in [5, 5.41) is 3.08. The molecule has 1 aromatic rings. The maximum Gasteiger partial charge on any atom is 0.241 e. The summed E-state index contributed by atoms with van der Waals surface area (Å²) in [6.07, 6.45) is 3.69. The molecule has 0 unspecified atom stereocenters. The normalized spacial score (nSPS) is 18.0. The molecular weight excluding hydrogens is 291 g/mol. The van der Waals surface area contributed by atoms with Gasteiger partial charge in [0.25, 0.3) is 0 Å². The minimum atomic E-state index is -3.72. The molecule has 0 aliphatic heterocycles.